The number of methoxy groups -OCH3 is 1. The summed E-state index contributed by atoms with van der Waals surface area (Å²) in [5.41, 5.74) is 0.319. The summed E-state index contributed by atoms with van der Waals surface area (Å²) in [4.78, 5) is 4.83. The van der Waals surface area contributed by atoms with Crippen molar-refractivity contribution in [3.63, 3.8) is 0 Å². The quantitative estimate of drug-likeness (QED) is 0.279. The van der Waals surface area contributed by atoms with Crippen molar-refractivity contribution in [3.8, 4) is 0 Å². The van der Waals surface area contributed by atoms with E-state index in [9.17, 15) is 8.42 Å². The molecule has 2 aliphatic rings. The molecule has 1 saturated heterocycles. The van der Waals surface area contributed by atoms with Gasteiger partial charge in [0, 0.05) is 46.4 Å². The minimum absolute atomic E-state index is 0. The maximum Gasteiger partial charge on any atom is 0.211 e. The predicted octanol–water partition coefficient (Wildman–Crippen LogP) is 2.04. The number of piperidine rings is 1. The summed E-state index contributed by atoms with van der Waals surface area (Å²) in [6, 6.07) is 0. The number of nitrogens with zero attached hydrogens (tertiary/aromatic N) is 2. The first-order chi connectivity index (χ1) is 12.4. The van der Waals surface area contributed by atoms with E-state index < -0.39 is 10.0 Å². The van der Waals surface area contributed by atoms with Crippen LogP contribution >= 0.6 is 24.0 Å². The second-order valence-corrected chi connectivity index (χ2v) is 9.76. The van der Waals surface area contributed by atoms with Gasteiger partial charge in [0.25, 0.3) is 0 Å². The molecular weight excluding hydrogens is 479 g/mol. The maximum atomic E-state index is 11.6. The smallest absolute Gasteiger partial charge is 0.211 e. The highest BCUT2D eigenvalue weighted by Gasteiger charge is 2.36. The first-order valence-electron chi connectivity index (χ1n) is 9.85. The van der Waals surface area contributed by atoms with Gasteiger partial charge in [-0.1, -0.05) is 6.42 Å². The summed E-state index contributed by atoms with van der Waals surface area (Å²) in [7, 11) is -1.29. The first-order valence-corrected chi connectivity index (χ1v) is 11.7. The lowest BCUT2D eigenvalue weighted by Gasteiger charge is -2.40. The second-order valence-electron chi connectivity index (χ2n) is 7.78. The molecule has 1 heterocycles. The van der Waals surface area contributed by atoms with Gasteiger partial charge in [-0.2, -0.15) is 0 Å². The van der Waals surface area contributed by atoms with E-state index in [1.54, 1.807) is 11.4 Å². The van der Waals surface area contributed by atoms with Crippen LogP contribution in [0.1, 0.15) is 45.4 Å². The molecule has 0 radical (unpaired) electrons. The predicted molar refractivity (Wildman–Crippen MR) is 121 cm³/mol. The summed E-state index contributed by atoms with van der Waals surface area (Å²) >= 11 is 0. The fourth-order valence-corrected chi connectivity index (χ4v) is 4.63. The second kappa shape index (κ2) is 11.8. The van der Waals surface area contributed by atoms with Crippen molar-refractivity contribution in [1.29, 1.82) is 0 Å². The molecule has 0 bridgehead atoms. The molecular formula is C18H37IN4O3S. The van der Waals surface area contributed by atoms with E-state index in [0.717, 1.165) is 51.5 Å². The lowest BCUT2D eigenvalue weighted by Crippen LogP contribution is -2.44. The summed E-state index contributed by atoms with van der Waals surface area (Å²) in [5, 5.41) is 6.79. The van der Waals surface area contributed by atoms with Crippen molar-refractivity contribution in [2.24, 2.45) is 16.3 Å². The minimum Gasteiger partial charge on any atom is -0.385 e. The van der Waals surface area contributed by atoms with E-state index in [1.807, 2.05) is 0 Å². The number of guanidine groups is 1. The third kappa shape index (κ3) is 8.02. The lowest BCUT2D eigenvalue weighted by molar-refractivity contribution is 0.0778. The van der Waals surface area contributed by atoms with Gasteiger partial charge in [-0.15, -0.1) is 24.0 Å². The molecule has 2 N–H and O–H groups in total. The Labute approximate surface area is 182 Å². The molecule has 1 saturated carbocycles. The zero-order valence-electron chi connectivity index (χ0n) is 17.0. The van der Waals surface area contributed by atoms with Crippen LogP contribution in [-0.2, 0) is 14.8 Å². The molecule has 2 fully saturated rings. The first kappa shape index (κ1) is 24.9. The Morgan fingerprint density at radius 2 is 1.93 bits per heavy atom. The summed E-state index contributed by atoms with van der Waals surface area (Å²) in [6.45, 7) is 6.65. The van der Waals surface area contributed by atoms with Gasteiger partial charge >= 0.3 is 0 Å². The van der Waals surface area contributed by atoms with Crippen LogP contribution in [-0.4, -0.2) is 71.4 Å². The lowest BCUT2D eigenvalue weighted by atomic mass is 9.67. The number of ether oxygens (including phenoxy) is 1. The Bertz CT molecular complexity index is 559. The molecule has 0 atom stereocenters. The SMILES string of the molecule is CCNC(=NCC1(CCOC)CCC1)NCC1CCN(S(C)(=O)=O)CC1.I. The number of hydrogen-bond donors (Lipinski definition) is 2. The molecule has 0 amide bonds. The number of sulfonamides is 1. The van der Waals surface area contributed by atoms with Gasteiger partial charge in [0.2, 0.25) is 10.0 Å². The van der Waals surface area contributed by atoms with Gasteiger partial charge in [-0.05, 0) is 50.4 Å². The van der Waals surface area contributed by atoms with Crippen LogP contribution in [0.3, 0.4) is 0 Å². The van der Waals surface area contributed by atoms with Crippen LogP contribution in [0.5, 0.6) is 0 Å². The monoisotopic (exact) mass is 516 g/mol. The van der Waals surface area contributed by atoms with E-state index in [2.05, 4.69) is 17.6 Å². The normalized spacial score (nSPS) is 21.2. The molecule has 1 aliphatic heterocycles. The molecule has 0 aromatic heterocycles. The van der Waals surface area contributed by atoms with Crippen molar-refractivity contribution in [3.05, 3.63) is 0 Å². The molecule has 0 unspecified atom stereocenters. The topological polar surface area (TPSA) is 83.0 Å². The Hall–Kier alpha value is -0.130. The molecule has 9 heteroatoms. The summed E-state index contributed by atoms with van der Waals surface area (Å²) < 4.78 is 30.1. The van der Waals surface area contributed by atoms with Gasteiger partial charge in [0.15, 0.2) is 5.96 Å². The van der Waals surface area contributed by atoms with Crippen molar-refractivity contribution < 1.29 is 13.2 Å². The Morgan fingerprint density at radius 1 is 1.26 bits per heavy atom. The van der Waals surface area contributed by atoms with E-state index in [-0.39, 0.29) is 24.0 Å². The van der Waals surface area contributed by atoms with Gasteiger partial charge < -0.3 is 15.4 Å². The third-order valence-electron chi connectivity index (χ3n) is 5.77. The fourth-order valence-electron chi connectivity index (χ4n) is 3.76. The Balaban J connectivity index is 0.00000364. The molecule has 27 heavy (non-hydrogen) atoms. The molecule has 2 rings (SSSR count). The maximum absolute atomic E-state index is 11.6. The van der Waals surface area contributed by atoms with Crippen molar-refractivity contribution in [2.75, 3.05) is 52.7 Å². The van der Waals surface area contributed by atoms with Crippen LogP contribution in [0, 0.1) is 11.3 Å². The van der Waals surface area contributed by atoms with E-state index in [4.69, 9.17) is 9.73 Å². The van der Waals surface area contributed by atoms with Gasteiger partial charge in [0.1, 0.15) is 0 Å². The number of aliphatic imine (C=N–C) groups is 1. The van der Waals surface area contributed by atoms with Crippen molar-refractivity contribution in [1.82, 2.24) is 14.9 Å². The van der Waals surface area contributed by atoms with Crippen LogP contribution < -0.4 is 10.6 Å². The molecule has 7 nitrogen and oxygen atoms in total. The van der Waals surface area contributed by atoms with Crippen LogP contribution in [0.25, 0.3) is 0 Å². The Kier molecular flexibility index (Phi) is 10.9. The highest BCUT2D eigenvalue weighted by Crippen LogP contribution is 2.44. The largest absolute Gasteiger partial charge is 0.385 e. The average molecular weight is 516 g/mol. The zero-order chi connectivity index (χ0) is 19.0. The number of nitrogens with one attached hydrogen (secondary N) is 2. The molecule has 0 spiro atoms. The number of halogens is 1. The minimum atomic E-state index is -3.05. The highest BCUT2D eigenvalue weighted by atomic mass is 127. The van der Waals surface area contributed by atoms with Gasteiger partial charge in [0.05, 0.1) is 6.26 Å². The van der Waals surface area contributed by atoms with E-state index >= 15 is 0 Å². The molecule has 1 aliphatic carbocycles. The number of hydrogen-bond acceptors (Lipinski definition) is 4. The summed E-state index contributed by atoms with van der Waals surface area (Å²) in [5.74, 6) is 1.37. The van der Waals surface area contributed by atoms with Gasteiger partial charge in [-0.25, -0.2) is 12.7 Å². The van der Waals surface area contributed by atoms with E-state index in [1.165, 1.54) is 25.5 Å². The highest BCUT2D eigenvalue weighted by molar-refractivity contribution is 14.0. The van der Waals surface area contributed by atoms with Crippen molar-refractivity contribution >= 4 is 40.0 Å². The Morgan fingerprint density at radius 3 is 2.41 bits per heavy atom. The summed E-state index contributed by atoms with van der Waals surface area (Å²) in [6.07, 6.45) is 7.95. The van der Waals surface area contributed by atoms with Crippen LogP contribution in [0.2, 0.25) is 0 Å². The molecule has 0 aromatic carbocycles. The molecule has 160 valence electrons. The average Bonchev–Trinajstić information content (AvgIpc) is 2.58. The van der Waals surface area contributed by atoms with Crippen molar-refractivity contribution in [2.45, 2.75) is 45.4 Å². The standard InChI is InChI=1S/C18H36N4O3S.HI/c1-4-19-17(21-15-18(8-5-9-18)10-13-25-2)20-14-16-6-11-22(12-7-16)26(3,23)24;/h16H,4-15H2,1-3H3,(H2,19,20,21);1H. The van der Waals surface area contributed by atoms with E-state index in [0.29, 0.717) is 24.4 Å². The molecule has 0 aromatic rings. The van der Waals surface area contributed by atoms with Crippen LogP contribution in [0.15, 0.2) is 4.99 Å². The van der Waals surface area contributed by atoms with Crippen LogP contribution in [0.4, 0.5) is 0 Å². The fraction of sp³-hybridized carbons (Fsp3) is 0.944. The van der Waals surface area contributed by atoms with Gasteiger partial charge in [-0.3, -0.25) is 4.99 Å². The number of rotatable bonds is 9. The zero-order valence-corrected chi connectivity index (χ0v) is 20.1. The third-order valence-corrected chi connectivity index (χ3v) is 7.07.